The van der Waals surface area contributed by atoms with E-state index in [1.54, 1.807) is 19.5 Å². The molecule has 4 nitrogen and oxygen atoms in total. The molecule has 0 saturated heterocycles. The lowest BCUT2D eigenvalue weighted by Gasteiger charge is -2.12. The maximum atomic E-state index is 5.87. The molecule has 0 bridgehead atoms. The van der Waals surface area contributed by atoms with Crippen molar-refractivity contribution in [2.24, 2.45) is 0 Å². The van der Waals surface area contributed by atoms with Gasteiger partial charge in [-0.25, -0.2) is 0 Å². The lowest BCUT2D eigenvalue weighted by Crippen LogP contribution is -2.13. The van der Waals surface area contributed by atoms with Crippen LogP contribution in [-0.4, -0.2) is 18.6 Å². The molecule has 0 aliphatic rings. The normalized spacial score (nSPS) is 10.4. The van der Waals surface area contributed by atoms with Crippen molar-refractivity contribution in [1.29, 1.82) is 0 Å². The number of nitrogens with zero attached hydrogens (tertiary/aromatic N) is 1. The third-order valence-electron chi connectivity index (χ3n) is 3.10. The van der Waals surface area contributed by atoms with Gasteiger partial charge in [0.2, 0.25) is 0 Å². The summed E-state index contributed by atoms with van der Waals surface area (Å²) < 4.78 is 11.2. The number of hydrogen-bond donors (Lipinski definition) is 1. The van der Waals surface area contributed by atoms with E-state index in [-0.39, 0.29) is 0 Å². The summed E-state index contributed by atoms with van der Waals surface area (Å²) in [4.78, 5) is 4.09. The van der Waals surface area contributed by atoms with Crippen molar-refractivity contribution in [3.05, 3.63) is 53.9 Å². The molecule has 2 rings (SSSR count). The van der Waals surface area contributed by atoms with E-state index in [0.717, 1.165) is 36.6 Å². The fourth-order valence-corrected chi connectivity index (χ4v) is 2.00. The average Bonchev–Trinajstić information content (AvgIpc) is 2.54. The molecule has 1 aromatic carbocycles. The van der Waals surface area contributed by atoms with Crippen LogP contribution in [0.3, 0.4) is 0 Å². The zero-order chi connectivity index (χ0) is 14.9. The molecular formula is C17H22N2O2. The molecule has 0 amide bonds. The summed E-state index contributed by atoms with van der Waals surface area (Å²) in [7, 11) is 1.65. The first-order valence-corrected chi connectivity index (χ1v) is 7.22. The average molecular weight is 286 g/mol. The van der Waals surface area contributed by atoms with Gasteiger partial charge in [-0.15, -0.1) is 0 Å². The summed E-state index contributed by atoms with van der Waals surface area (Å²) in [5.74, 6) is 1.51. The summed E-state index contributed by atoms with van der Waals surface area (Å²) in [5, 5.41) is 3.38. The van der Waals surface area contributed by atoms with Gasteiger partial charge in [0.25, 0.3) is 0 Å². The first-order valence-electron chi connectivity index (χ1n) is 7.22. The molecule has 1 aromatic heterocycles. The first kappa shape index (κ1) is 15.3. The van der Waals surface area contributed by atoms with Gasteiger partial charge in [-0.3, -0.25) is 4.98 Å². The molecule has 2 aromatic rings. The van der Waals surface area contributed by atoms with Gasteiger partial charge < -0.3 is 14.8 Å². The predicted octanol–water partition coefficient (Wildman–Crippen LogP) is 3.17. The highest BCUT2D eigenvalue weighted by molar-refractivity contribution is 5.43. The highest BCUT2D eigenvalue weighted by Gasteiger charge is 2.06. The summed E-state index contributed by atoms with van der Waals surface area (Å²) >= 11 is 0. The van der Waals surface area contributed by atoms with Crippen LogP contribution in [-0.2, 0) is 13.2 Å². The van der Waals surface area contributed by atoms with Crippen LogP contribution in [0, 0.1) is 0 Å². The Balaban J connectivity index is 2.03. The van der Waals surface area contributed by atoms with E-state index in [2.05, 4.69) is 23.3 Å². The number of pyridine rings is 1. The quantitative estimate of drug-likeness (QED) is 0.757. The minimum absolute atomic E-state index is 0.482. The summed E-state index contributed by atoms with van der Waals surface area (Å²) in [6.07, 6.45) is 4.68. The smallest absolute Gasteiger partial charge is 0.161 e. The monoisotopic (exact) mass is 286 g/mol. The second-order valence-electron chi connectivity index (χ2n) is 4.81. The fourth-order valence-electron chi connectivity index (χ4n) is 2.00. The highest BCUT2D eigenvalue weighted by Crippen LogP contribution is 2.28. The zero-order valence-electron chi connectivity index (χ0n) is 12.6. The topological polar surface area (TPSA) is 43.4 Å². The Morgan fingerprint density at radius 1 is 1.14 bits per heavy atom. The van der Waals surface area contributed by atoms with Crippen LogP contribution in [0.25, 0.3) is 0 Å². The predicted molar refractivity (Wildman–Crippen MR) is 83.6 cm³/mol. The molecular weight excluding hydrogens is 264 g/mol. The van der Waals surface area contributed by atoms with Crippen LogP contribution in [0.2, 0.25) is 0 Å². The number of aromatic nitrogens is 1. The molecule has 1 N–H and O–H groups in total. The van der Waals surface area contributed by atoms with Gasteiger partial charge >= 0.3 is 0 Å². The fraction of sp³-hybridized carbons (Fsp3) is 0.353. The molecule has 0 unspecified atom stereocenters. The van der Waals surface area contributed by atoms with E-state index in [1.807, 2.05) is 24.3 Å². The van der Waals surface area contributed by atoms with Gasteiger partial charge in [-0.1, -0.05) is 19.1 Å². The molecule has 0 atom stereocenters. The molecule has 0 saturated carbocycles. The Hall–Kier alpha value is -2.07. The third kappa shape index (κ3) is 4.76. The maximum Gasteiger partial charge on any atom is 0.161 e. The molecule has 0 aliphatic heterocycles. The molecule has 0 radical (unpaired) electrons. The number of benzene rings is 1. The second kappa shape index (κ2) is 8.27. The molecule has 0 aliphatic carbocycles. The Kier molecular flexibility index (Phi) is 6.03. The zero-order valence-corrected chi connectivity index (χ0v) is 12.6. The van der Waals surface area contributed by atoms with Crippen molar-refractivity contribution >= 4 is 0 Å². The Labute approximate surface area is 126 Å². The van der Waals surface area contributed by atoms with E-state index in [4.69, 9.17) is 9.47 Å². The van der Waals surface area contributed by atoms with E-state index in [0.29, 0.717) is 6.61 Å². The van der Waals surface area contributed by atoms with Crippen LogP contribution in [0.15, 0.2) is 42.7 Å². The summed E-state index contributed by atoms with van der Waals surface area (Å²) in [6.45, 7) is 4.48. The number of nitrogens with one attached hydrogen (secondary N) is 1. The second-order valence-corrected chi connectivity index (χ2v) is 4.81. The maximum absolute atomic E-state index is 5.87. The van der Waals surface area contributed by atoms with Crippen molar-refractivity contribution in [2.75, 3.05) is 13.7 Å². The van der Waals surface area contributed by atoms with Gasteiger partial charge in [0.05, 0.1) is 7.11 Å². The Morgan fingerprint density at radius 2 is 2.05 bits per heavy atom. The van der Waals surface area contributed by atoms with E-state index in [9.17, 15) is 0 Å². The SMILES string of the molecule is CCCNCc1ccc(OC)c(OCc2cccnc2)c1. The number of ether oxygens (including phenoxy) is 2. The Morgan fingerprint density at radius 3 is 2.76 bits per heavy atom. The first-order chi connectivity index (χ1) is 10.3. The van der Waals surface area contributed by atoms with Crippen molar-refractivity contribution in [3.8, 4) is 11.5 Å². The van der Waals surface area contributed by atoms with Gasteiger partial charge in [-0.2, -0.15) is 0 Å². The minimum Gasteiger partial charge on any atom is -0.493 e. The number of rotatable bonds is 8. The van der Waals surface area contributed by atoms with Gasteiger partial charge in [0.1, 0.15) is 6.61 Å². The third-order valence-corrected chi connectivity index (χ3v) is 3.10. The van der Waals surface area contributed by atoms with Crippen molar-refractivity contribution in [1.82, 2.24) is 10.3 Å². The lowest BCUT2D eigenvalue weighted by molar-refractivity contribution is 0.283. The summed E-state index contributed by atoms with van der Waals surface area (Å²) in [6, 6.07) is 9.92. The summed E-state index contributed by atoms with van der Waals surface area (Å²) in [5.41, 5.74) is 2.22. The number of methoxy groups -OCH3 is 1. The molecule has 0 fully saturated rings. The van der Waals surface area contributed by atoms with Crippen LogP contribution in [0.1, 0.15) is 24.5 Å². The van der Waals surface area contributed by atoms with Gasteiger partial charge in [0.15, 0.2) is 11.5 Å². The van der Waals surface area contributed by atoms with Crippen molar-refractivity contribution in [2.45, 2.75) is 26.5 Å². The van der Waals surface area contributed by atoms with Crippen molar-refractivity contribution < 1.29 is 9.47 Å². The van der Waals surface area contributed by atoms with Crippen LogP contribution in [0.5, 0.6) is 11.5 Å². The van der Waals surface area contributed by atoms with Crippen LogP contribution < -0.4 is 14.8 Å². The van der Waals surface area contributed by atoms with Gasteiger partial charge in [-0.05, 0) is 36.7 Å². The van der Waals surface area contributed by atoms with E-state index in [1.165, 1.54) is 5.56 Å². The van der Waals surface area contributed by atoms with Crippen molar-refractivity contribution in [3.63, 3.8) is 0 Å². The Bertz CT molecular complexity index is 544. The van der Waals surface area contributed by atoms with E-state index < -0.39 is 0 Å². The van der Waals surface area contributed by atoms with Gasteiger partial charge in [0, 0.05) is 24.5 Å². The molecule has 112 valence electrons. The van der Waals surface area contributed by atoms with E-state index >= 15 is 0 Å². The standard InChI is InChI=1S/C17H22N2O2/c1-3-8-18-11-14-6-7-16(20-2)17(10-14)21-13-15-5-4-9-19-12-15/h4-7,9-10,12,18H,3,8,11,13H2,1-2H3. The minimum atomic E-state index is 0.482. The largest absolute Gasteiger partial charge is 0.493 e. The lowest BCUT2D eigenvalue weighted by atomic mass is 10.2. The van der Waals surface area contributed by atoms with Crippen LogP contribution >= 0.6 is 0 Å². The molecule has 21 heavy (non-hydrogen) atoms. The highest BCUT2D eigenvalue weighted by atomic mass is 16.5. The number of hydrogen-bond acceptors (Lipinski definition) is 4. The molecule has 1 heterocycles. The molecule has 4 heteroatoms. The van der Waals surface area contributed by atoms with Crippen LogP contribution in [0.4, 0.5) is 0 Å². The molecule has 0 spiro atoms.